The van der Waals surface area contributed by atoms with Crippen LogP contribution in [-0.2, 0) is 0 Å². The second kappa shape index (κ2) is 3.89. The SMILES string of the molecule is CC(C)NC(=[Se])NN. The first kappa shape index (κ1) is 7.95. The molecule has 0 aromatic heterocycles. The minimum atomic E-state index is 0.419. The first-order chi connectivity index (χ1) is 3.66. The van der Waals surface area contributed by atoms with E-state index in [4.69, 9.17) is 5.84 Å². The third kappa shape index (κ3) is 4.12. The molecule has 0 atom stereocenters. The molecule has 0 fully saturated rings. The third-order valence-electron chi connectivity index (χ3n) is 0.551. The molecule has 0 saturated heterocycles. The Kier molecular flexibility index (Phi) is 3.87. The van der Waals surface area contributed by atoms with E-state index < -0.39 is 0 Å². The van der Waals surface area contributed by atoms with E-state index in [-0.39, 0.29) is 0 Å². The van der Waals surface area contributed by atoms with Crippen LogP contribution in [0.1, 0.15) is 13.8 Å². The molecule has 0 aromatic rings. The number of hydrogen-bond acceptors (Lipinski definition) is 3. The second-order valence-electron chi connectivity index (χ2n) is 1.77. The van der Waals surface area contributed by atoms with Gasteiger partial charge >= 0.3 is 56.7 Å². The molecule has 0 amide bonds. The standard InChI is InChI=1S/C4H11N3Se/c1-3(2)6-4(8)7-5/h3H,5H2,1-2H3,(H2,6,7,8). The Morgan fingerprint density at radius 3 is 2.25 bits per heavy atom. The van der Waals surface area contributed by atoms with E-state index in [2.05, 4.69) is 26.3 Å². The Morgan fingerprint density at radius 1 is 1.62 bits per heavy atom. The van der Waals surface area contributed by atoms with E-state index in [1.54, 1.807) is 0 Å². The van der Waals surface area contributed by atoms with Crippen LogP contribution in [0.4, 0.5) is 0 Å². The molecule has 0 spiro atoms. The van der Waals surface area contributed by atoms with Crippen LogP contribution in [-0.4, -0.2) is 26.3 Å². The van der Waals surface area contributed by atoms with Gasteiger partial charge in [-0.25, -0.2) is 0 Å². The Bertz CT molecular complexity index is 81.4. The Morgan fingerprint density at radius 2 is 2.12 bits per heavy atom. The van der Waals surface area contributed by atoms with Gasteiger partial charge in [0.2, 0.25) is 0 Å². The second-order valence-corrected chi connectivity index (χ2v) is 2.63. The zero-order valence-electron chi connectivity index (χ0n) is 5.06. The third-order valence-corrected chi connectivity index (χ3v) is 1.05. The van der Waals surface area contributed by atoms with E-state index in [9.17, 15) is 0 Å². The molecule has 0 saturated carbocycles. The van der Waals surface area contributed by atoms with Gasteiger partial charge in [0.25, 0.3) is 0 Å². The maximum atomic E-state index is 5.04. The van der Waals surface area contributed by atoms with Gasteiger partial charge in [-0.3, -0.25) is 0 Å². The summed E-state index contributed by atoms with van der Waals surface area (Å²) in [7, 11) is 0. The van der Waals surface area contributed by atoms with Crippen LogP contribution in [0.3, 0.4) is 0 Å². The zero-order valence-corrected chi connectivity index (χ0v) is 6.78. The van der Waals surface area contributed by atoms with Crippen LogP contribution in [0.25, 0.3) is 0 Å². The number of nitrogens with two attached hydrogens (primary N) is 1. The van der Waals surface area contributed by atoms with E-state index in [1.807, 2.05) is 13.8 Å². The van der Waals surface area contributed by atoms with Crippen molar-refractivity contribution < 1.29 is 0 Å². The van der Waals surface area contributed by atoms with Gasteiger partial charge in [0, 0.05) is 0 Å². The van der Waals surface area contributed by atoms with Crippen LogP contribution in [0.15, 0.2) is 0 Å². The molecule has 0 aliphatic rings. The van der Waals surface area contributed by atoms with Crippen LogP contribution in [0.5, 0.6) is 0 Å². The molecular weight excluding hydrogens is 169 g/mol. The van der Waals surface area contributed by atoms with Gasteiger partial charge in [-0.05, 0) is 0 Å². The molecule has 0 radical (unpaired) electrons. The number of rotatable bonds is 3. The van der Waals surface area contributed by atoms with Crippen LogP contribution in [0, 0.1) is 0 Å². The summed E-state index contributed by atoms with van der Waals surface area (Å²) >= 11 is 2.73. The molecule has 8 heavy (non-hydrogen) atoms. The number of nitrogens with one attached hydrogen (secondary N) is 2. The van der Waals surface area contributed by atoms with Crippen LogP contribution >= 0.6 is 0 Å². The zero-order chi connectivity index (χ0) is 6.57. The molecular formula is C4H11N3Se. The van der Waals surface area contributed by atoms with Crippen LogP contribution < -0.4 is 16.6 Å². The summed E-state index contributed by atoms with van der Waals surface area (Å²) in [6.45, 7) is 4.07. The van der Waals surface area contributed by atoms with Gasteiger partial charge in [-0.1, -0.05) is 0 Å². The maximum absolute atomic E-state index is 5.04. The van der Waals surface area contributed by atoms with Gasteiger partial charge in [0.1, 0.15) is 0 Å². The number of hydrogen-bond donors (Lipinski definition) is 3. The molecule has 4 N–H and O–H groups in total. The summed E-state index contributed by atoms with van der Waals surface area (Å²) in [4.78, 5) is 0. The molecule has 0 aromatic carbocycles. The van der Waals surface area contributed by atoms with Crippen molar-refractivity contribution in [2.24, 2.45) is 5.84 Å². The molecule has 48 valence electrons. The van der Waals surface area contributed by atoms with Gasteiger partial charge in [0.05, 0.1) is 0 Å². The van der Waals surface area contributed by atoms with Crippen molar-refractivity contribution in [3.05, 3.63) is 0 Å². The van der Waals surface area contributed by atoms with Gasteiger partial charge in [-0.15, -0.1) is 0 Å². The summed E-state index contributed by atoms with van der Waals surface area (Å²) in [6.07, 6.45) is 0. The van der Waals surface area contributed by atoms with Crippen molar-refractivity contribution >= 4 is 20.2 Å². The minimum absolute atomic E-state index is 0.419. The van der Waals surface area contributed by atoms with Gasteiger partial charge < -0.3 is 0 Å². The predicted octanol–water partition coefficient (Wildman–Crippen LogP) is -1.30. The first-order valence-corrected chi connectivity index (χ1v) is 3.29. The van der Waals surface area contributed by atoms with Crippen molar-refractivity contribution in [1.82, 2.24) is 10.7 Å². The molecule has 0 aliphatic carbocycles. The Hall–Kier alpha value is -0.0505. The van der Waals surface area contributed by atoms with Crippen molar-refractivity contribution in [3.8, 4) is 0 Å². The quantitative estimate of drug-likeness (QED) is 0.287. The average molecular weight is 180 g/mol. The normalized spacial score (nSPS) is 9.00. The van der Waals surface area contributed by atoms with Crippen molar-refractivity contribution in [2.75, 3.05) is 0 Å². The van der Waals surface area contributed by atoms with Crippen molar-refractivity contribution in [1.29, 1.82) is 0 Å². The van der Waals surface area contributed by atoms with Gasteiger partial charge in [-0.2, -0.15) is 0 Å². The Balaban J connectivity index is 3.25. The first-order valence-electron chi connectivity index (χ1n) is 2.44. The predicted molar refractivity (Wildman–Crippen MR) is 36.4 cm³/mol. The van der Waals surface area contributed by atoms with Gasteiger partial charge in [0.15, 0.2) is 0 Å². The molecule has 3 nitrogen and oxygen atoms in total. The van der Waals surface area contributed by atoms with Crippen molar-refractivity contribution in [3.63, 3.8) is 0 Å². The topological polar surface area (TPSA) is 50.1 Å². The van der Waals surface area contributed by atoms with E-state index >= 15 is 0 Å². The fraction of sp³-hybridized carbons (Fsp3) is 0.750. The van der Waals surface area contributed by atoms with E-state index in [0.717, 1.165) is 4.67 Å². The summed E-state index contributed by atoms with van der Waals surface area (Å²) < 4.78 is 0.778. The fourth-order valence-corrected chi connectivity index (χ4v) is 0.798. The fourth-order valence-electron chi connectivity index (χ4n) is 0.304. The Labute approximate surface area is 57.3 Å². The van der Waals surface area contributed by atoms with Crippen LogP contribution in [0.2, 0.25) is 0 Å². The molecule has 4 heteroatoms. The molecule has 0 bridgehead atoms. The molecule has 0 unspecified atom stereocenters. The monoisotopic (exact) mass is 181 g/mol. The van der Waals surface area contributed by atoms with E-state index in [1.165, 1.54) is 0 Å². The van der Waals surface area contributed by atoms with Crippen molar-refractivity contribution in [2.45, 2.75) is 19.9 Å². The summed E-state index contributed by atoms with van der Waals surface area (Å²) in [5, 5.41) is 3.02. The molecule has 0 heterocycles. The van der Waals surface area contributed by atoms with E-state index in [0.29, 0.717) is 6.04 Å². The summed E-state index contributed by atoms with van der Waals surface area (Å²) in [6, 6.07) is 0.419. The number of hydrazine groups is 1. The summed E-state index contributed by atoms with van der Waals surface area (Å²) in [5.74, 6) is 5.04. The molecule has 0 rings (SSSR count). The molecule has 0 aliphatic heterocycles. The average Bonchev–Trinajstić information content (AvgIpc) is 1.65. The summed E-state index contributed by atoms with van der Waals surface area (Å²) in [5.41, 5.74) is 2.45.